The summed E-state index contributed by atoms with van der Waals surface area (Å²) in [6.07, 6.45) is 0.849. The van der Waals surface area contributed by atoms with Gasteiger partial charge in [-0.1, -0.05) is 6.92 Å². The summed E-state index contributed by atoms with van der Waals surface area (Å²) in [5, 5.41) is -0.337. The second-order valence-electron chi connectivity index (χ2n) is 3.98. The molecular formula is C13H17ClO. The maximum absolute atomic E-state index is 11.4. The molecule has 0 N–H and O–H groups in total. The average molecular weight is 225 g/mol. The molecule has 2 heteroatoms. The van der Waals surface area contributed by atoms with Crippen LogP contribution in [0.5, 0.6) is 0 Å². The molecule has 0 bridgehead atoms. The van der Waals surface area contributed by atoms with E-state index in [2.05, 4.69) is 20.8 Å². The fourth-order valence-electron chi connectivity index (χ4n) is 2.10. The third kappa shape index (κ3) is 1.93. The Kier molecular flexibility index (Phi) is 3.56. The highest BCUT2D eigenvalue weighted by Crippen LogP contribution is 2.28. The zero-order valence-corrected chi connectivity index (χ0v) is 10.7. The fraction of sp³-hybridized carbons (Fsp3) is 0.462. The molecule has 1 nitrogen and oxygen atoms in total. The molecule has 0 heterocycles. The van der Waals surface area contributed by atoms with E-state index in [0.717, 1.165) is 17.5 Å². The molecule has 0 saturated heterocycles. The van der Waals surface area contributed by atoms with Gasteiger partial charge in [0.1, 0.15) is 0 Å². The summed E-state index contributed by atoms with van der Waals surface area (Å²) in [5.74, 6) is 0. The molecule has 1 rings (SSSR count). The van der Waals surface area contributed by atoms with Crippen molar-refractivity contribution in [2.24, 2.45) is 0 Å². The molecule has 0 saturated carbocycles. The van der Waals surface area contributed by atoms with Crippen LogP contribution in [0.4, 0.5) is 0 Å². The van der Waals surface area contributed by atoms with Gasteiger partial charge in [-0.15, -0.1) is 0 Å². The largest absolute Gasteiger partial charge is 0.276 e. The van der Waals surface area contributed by atoms with Crippen molar-refractivity contribution >= 4 is 16.8 Å². The molecule has 0 aromatic heterocycles. The summed E-state index contributed by atoms with van der Waals surface area (Å²) in [5.41, 5.74) is 6.47. The lowest BCUT2D eigenvalue weighted by Gasteiger charge is -2.17. The van der Waals surface area contributed by atoms with Gasteiger partial charge in [0.2, 0.25) is 0 Å². The molecule has 0 aliphatic heterocycles. The van der Waals surface area contributed by atoms with Crippen LogP contribution in [0, 0.1) is 27.7 Å². The summed E-state index contributed by atoms with van der Waals surface area (Å²) in [6.45, 7) is 10.2. The monoisotopic (exact) mass is 224 g/mol. The Balaban J connectivity index is 3.70. The Hall–Kier alpha value is -0.820. The predicted molar refractivity (Wildman–Crippen MR) is 65.0 cm³/mol. The Bertz CT molecular complexity index is 419. The van der Waals surface area contributed by atoms with Gasteiger partial charge in [0.25, 0.3) is 5.24 Å². The van der Waals surface area contributed by atoms with E-state index in [1.807, 2.05) is 13.8 Å². The molecule has 82 valence electrons. The van der Waals surface area contributed by atoms with Gasteiger partial charge in [-0.25, -0.2) is 0 Å². The number of halogens is 1. The first-order valence-corrected chi connectivity index (χ1v) is 5.58. The molecule has 0 unspecified atom stereocenters. The van der Waals surface area contributed by atoms with E-state index in [9.17, 15) is 4.79 Å². The van der Waals surface area contributed by atoms with Crippen LogP contribution in [0.2, 0.25) is 0 Å². The zero-order valence-electron chi connectivity index (χ0n) is 9.99. The summed E-state index contributed by atoms with van der Waals surface area (Å²) in [6, 6.07) is 0. The number of rotatable bonds is 2. The summed E-state index contributed by atoms with van der Waals surface area (Å²) in [4.78, 5) is 11.4. The van der Waals surface area contributed by atoms with Crippen LogP contribution in [0.15, 0.2) is 0 Å². The highest BCUT2D eigenvalue weighted by molar-refractivity contribution is 6.68. The van der Waals surface area contributed by atoms with Crippen molar-refractivity contribution in [3.05, 3.63) is 33.4 Å². The minimum Gasteiger partial charge on any atom is -0.276 e. The molecule has 0 spiro atoms. The molecule has 0 radical (unpaired) electrons. The molecule has 0 atom stereocenters. The van der Waals surface area contributed by atoms with Crippen molar-refractivity contribution in [2.45, 2.75) is 41.0 Å². The highest BCUT2D eigenvalue weighted by Gasteiger charge is 2.17. The lowest BCUT2D eigenvalue weighted by molar-refractivity contribution is 0.108. The normalized spacial score (nSPS) is 10.5. The fourth-order valence-corrected chi connectivity index (χ4v) is 2.35. The Morgan fingerprint density at radius 3 is 1.87 bits per heavy atom. The van der Waals surface area contributed by atoms with Crippen LogP contribution in [0.3, 0.4) is 0 Å². The van der Waals surface area contributed by atoms with E-state index in [0.29, 0.717) is 5.56 Å². The first-order valence-electron chi connectivity index (χ1n) is 5.20. The average Bonchev–Trinajstić information content (AvgIpc) is 2.19. The van der Waals surface area contributed by atoms with Crippen LogP contribution in [0.1, 0.15) is 45.1 Å². The van der Waals surface area contributed by atoms with Crippen molar-refractivity contribution in [1.29, 1.82) is 0 Å². The number of hydrogen-bond acceptors (Lipinski definition) is 1. The predicted octanol–water partition coefficient (Wildman–Crippen LogP) is 3.86. The van der Waals surface area contributed by atoms with E-state index < -0.39 is 0 Å². The first-order chi connectivity index (χ1) is 6.91. The van der Waals surface area contributed by atoms with Crippen molar-refractivity contribution in [1.82, 2.24) is 0 Å². The van der Waals surface area contributed by atoms with Gasteiger partial charge in [0.05, 0.1) is 0 Å². The van der Waals surface area contributed by atoms with Crippen LogP contribution in [-0.2, 0) is 6.42 Å². The highest BCUT2D eigenvalue weighted by atomic mass is 35.5. The van der Waals surface area contributed by atoms with Crippen LogP contribution < -0.4 is 0 Å². The second-order valence-corrected chi connectivity index (χ2v) is 4.32. The standard InChI is InChI=1S/C13H17ClO/c1-6-11-9(4)7(2)8(3)10(5)12(11)13(14)15/h6H2,1-5H3. The topological polar surface area (TPSA) is 17.1 Å². The lowest BCUT2D eigenvalue weighted by Crippen LogP contribution is -2.07. The Morgan fingerprint density at radius 1 is 1.00 bits per heavy atom. The van der Waals surface area contributed by atoms with Crippen molar-refractivity contribution in [2.75, 3.05) is 0 Å². The molecule has 15 heavy (non-hydrogen) atoms. The van der Waals surface area contributed by atoms with Crippen molar-refractivity contribution in [3.8, 4) is 0 Å². The van der Waals surface area contributed by atoms with E-state index in [1.165, 1.54) is 16.7 Å². The number of carbonyl (C=O) groups is 1. The third-order valence-electron chi connectivity index (χ3n) is 3.37. The minimum absolute atomic E-state index is 0.337. The number of carbonyl (C=O) groups excluding carboxylic acids is 1. The maximum Gasteiger partial charge on any atom is 0.252 e. The summed E-state index contributed by atoms with van der Waals surface area (Å²) in [7, 11) is 0. The van der Waals surface area contributed by atoms with Crippen LogP contribution in [0.25, 0.3) is 0 Å². The quantitative estimate of drug-likeness (QED) is 0.698. The molecule has 0 aliphatic carbocycles. The smallest absolute Gasteiger partial charge is 0.252 e. The Morgan fingerprint density at radius 2 is 1.47 bits per heavy atom. The Labute approximate surface area is 96.5 Å². The van der Waals surface area contributed by atoms with Gasteiger partial charge in [-0.05, 0) is 73.5 Å². The zero-order chi connectivity index (χ0) is 11.7. The van der Waals surface area contributed by atoms with E-state index in [4.69, 9.17) is 11.6 Å². The van der Waals surface area contributed by atoms with Gasteiger partial charge in [-0.2, -0.15) is 0 Å². The molecule has 1 aromatic rings. The SMILES string of the molecule is CCc1c(C)c(C)c(C)c(C)c1C(=O)Cl. The van der Waals surface area contributed by atoms with E-state index in [1.54, 1.807) is 0 Å². The van der Waals surface area contributed by atoms with Crippen LogP contribution >= 0.6 is 11.6 Å². The second kappa shape index (κ2) is 4.36. The van der Waals surface area contributed by atoms with E-state index >= 15 is 0 Å². The minimum atomic E-state index is -0.337. The van der Waals surface area contributed by atoms with Crippen LogP contribution in [-0.4, -0.2) is 5.24 Å². The van der Waals surface area contributed by atoms with Gasteiger partial charge in [-0.3, -0.25) is 4.79 Å². The molecule has 0 aliphatic rings. The van der Waals surface area contributed by atoms with Crippen molar-refractivity contribution < 1.29 is 4.79 Å². The number of benzene rings is 1. The maximum atomic E-state index is 11.4. The summed E-state index contributed by atoms with van der Waals surface area (Å²) < 4.78 is 0. The lowest BCUT2D eigenvalue weighted by atomic mass is 9.88. The van der Waals surface area contributed by atoms with Crippen molar-refractivity contribution in [3.63, 3.8) is 0 Å². The molecule has 0 amide bonds. The first kappa shape index (κ1) is 12.3. The van der Waals surface area contributed by atoms with Gasteiger partial charge in [0, 0.05) is 5.56 Å². The van der Waals surface area contributed by atoms with Gasteiger partial charge >= 0.3 is 0 Å². The molecular weight excluding hydrogens is 208 g/mol. The molecule has 1 aromatic carbocycles. The number of hydrogen-bond donors (Lipinski definition) is 0. The van der Waals surface area contributed by atoms with Gasteiger partial charge < -0.3 is 0 Å². The van der Waals surface area contributed by atoms with Gasteiger partial charge in [0.15, 0.2) is 0 Å². The third-order valence-corrected chi connectivity index (χ3v) is 3.56. The van der Waals surface area contributed by atoms with E-state index in [-0.39, 0.29) is 5.24 Å². The molecule has 0 fully saturated rings. The summed E-state index contributed by atoms with van der Waals surface area (Å²) >= 11 is 5.65.